The number of hydrogen-bond acceptors (Lipinski definition) is 7. The van der Waals surface area contributed by atoms with Crippen molar-refractivity contribution >= 4 is 21.8 Å². The lowest BCUT2D eigenvalue weighted by molar-refractivity contribution is -0.149. The minimum Gasteiger partial charge on any atom is -0.466 e. The molecule has 196 valence electrons. The molecule has 0 radical (unpaired) electrons. The van der Waals surface area contributed by atoms with E-state index in [2.05, 4.69) is 5.32 Å². The molecule has 1 unspecified atom stereocenters. The summed E-state index contributed by atoms with van der Waals surface area (Å²) in [7, 11) is 0.0154. The van der Waals surface area contributed by atoms with Gasteiger partial charge in [-0.3, -0.25) is 9.59 Å². The van der Waals surface area contributed by atoms with E-state index in [1.54, 1.807) is 31.2 Å². The lowest BCUT2D eigenvalue weighted by Crippen LogP contribution is -2.40. The molecule has 2 aromatic rings. The SMILES string of the molecule is CCOC(=O)C1CCN(S(=O)(=O)c2cccc(C(=O)CNCC(c3ccc(F)cc3)N(C)C)c2)CC1. The van der Waals surface area contributed by atoms with E-state index in [4.69, 9.17) is 4.74 Å². The number of sulfonamides is 1. The lowest BCUT2D eigenvalue weighted by Gasteiger charge is -2.30. The molecule has 10 heteroatoms. The van der Waals surface area contributed by atoms with E-state index in [0.717, 1.165) is 5.56 Å². The van der Waals surface area contributed by atoms with Crippen LogP contribution in [0.5, 0.6) is 0 Å². The Balaban J connectivity index is 1.61. The maximum absolute atomic E-state index is 13.3. The second kappa shape index (κ2) is 12.5. The van der Waals surface area contributed by atoms with Crippen LogP contribution >= 0.6 is 0 Å². The summed E-state index contributed by atoms with van der Waals surface area (Å²) in [6.45, 7) is 2.97. The number of Topliss-reactive ketones (excluding diaryl/α,β-unsaturated/α-hetero) is 1. The van der Waals surface area contributed by atoms with Crippen LogP contribution in [0.3, 0.4) is 0 Å². The number of ether oxygens (including phenoxy) is 1. The molecule has 0 amide bonds. The van der Waals surface area contributed by atoms with Crippen LogP contribution in [0.1, 0.15) is 41.7 Å². The van der Waals surface area contributed by atoms with Gasteiger partial charge in [-0.1, -0.05) is 24.3 Å². The average molecular weight is 520 g/mol. The first kappa shape index (κ1) is 27.9. The maximum Gasteiger partial charge on any atom is 0.309 e. The molecular formula is C26H34FN3O5S. The smallest absolute Gasteiger partial charge is 0.309 e. The molecule has 1 fully saturated rings. The molecule has 2 aromatic carbocycles. The Morgan fingerprint density at radius 1 is 1.14 bits per heavy atom. The molecule has 1 aliphatic rings. The molecule has 1 aliphatic heterocycles. The number of carbonyl (C=O) groups excluding carboxylic acids is 2. The number of hydrogen-bond donors (Lipinski definition) is 1. The summed E-state index contributed by atoms with van der Waals surface area (Å²) in [5, 5.41) is 3.14. The predicted molar refractivity (Wildman–Crippen MR) is 135 cm³/mol. The predicted octanol–water partition coefficient (Wildman–Crippen LogP) is 2.86. The number of benzene rings is 2. The summed E-state index contributed by atoms with van der Waals surface area (Å²) in [6.07, 6.45) is 0.809. The second-order valence-corrected chi connectivity index (χ2v) is 11.0. The van der Waals surface area contributed by atoms with Crippen molar-refractivity contribution in [3.63, 3.8) is 0 Å². The second-order valence-electron chi connectivity index (χ2n) is 9.04. The third kappa shape index (κ3) is 6.97. The van der Waals surface area contributed by atoms with E-state index in [9.17, 15) is 22.4 Å². The monoisotopic (exact) mass is 519 g/mol. The van der Waals surface area contributed by atoms with Crippen molar-refractivity contribution in [1.82, 2.24) is 14.5 Å². The molecule has 36 heavy (non-hydrogen) atoms. The summed E-state index contributed by atoms with van der Waals surface area (Å²) in [5.74, 6) is -1.12. The highest BCUT2D eigenvalue weighted by molar-refractivity contribution is 7.89. The normalized spacial score (nSPS) is 16.1. The topological polar surface area (TPSA) is 96.0 Å². The van der Waals surface area contributed by atoms with Crippen LogP contribution in [-0.4, -0.2) is 76.3 Å². The van der Waals surface area contributed by atoms with Crippen molar-refractivity contribution in [2.45, 2.75) is 30.7 Å². The molecule has 0 saturated carbocycles. The van der Waals surface area contributed by atoms with Crippen LogP contribution in [0.15, 0.2) is 53.4 Å². The number of nitrogens with zero attached hydrogens (tertiary/aromatic N) is 2. The highest BCUT2D eigenvalue weighted by atomic mass is 32.2. The number of ketones is 1. The molecule has 1 saturated heterocycles. The zero-order valence-electron chi connectivity index (χ0n) is 20.9. The van der Waals surface area contributed by atoms with Crippen molar-refractivity contribution in [1.29, 1.82) is 0 Å². The summed E-state index contributed by atoms with van der Waals surface area (Å²) in [6, 6.07) is 12.2. The van der Waals surface area contributed by atoms with E-state index >= 15 is 0 Å². The summed E-state index contributed by atoms with van der Waals surface area (Å²) in [4.78, 5) is 26.8. The van der Waals surface area contributed by atoms with Crippen LogP contribution in [0, 0.1) is 11.7 Å². The highest BCUT2D eigenvalue weighted by Gasteiger charge is 2.33. The van der Waals surface area contributed by atoms with Crippen LogP contribution in [-0.2, 0) is 19.6 Å². The van der Waals surface area contributed by atoms with Gasteiger partial charge in [-0.2, -0.15) is 4.31 Å². The Bertz CT molecular complexity index is 1150. The van der Waals surface area contributed by atoms with Crippen LogP contribution in [0.4, 0.5) is 4.39 Å². The van der Waals surface area contributed by atoms with Gasteiger partial charge in [0.15, 0.2) is 5.78 Å². The lowest BCUT2D eigenvalue weighted by atomic mass is 9.98. The van der Waals surface area contributed by atoms with Crippen molar-refractivity contribution in [3.05, 3.63) is 65.5 Å². The van der Waals surface area contributed by atoms with Gasteiger partial charge in [-0.05, 0) is 63.7 Å². The van der Waals surface area contributed by atoms with Gasteiger partial charge in [0.25, 0.3) is 0 Å². The molecular weight excluding hydrogens is 485 g/mol. The van der Waals surface area contributed by atoms with Gasteiger partial charge in [0.2, 0.25) is 10.0 Å². The summed E-state index contributed by atoms with van der Waals surface area (Å²) in [5.41, 5.74) is 1.22. The van der Waals surface area contributed by atoms with Gasteiger partial charge in [0.05, 0.1) is 24.0 Å². The zero-order valence-corrected chi connectivity index (χ0v) is 21.8. The fraction of sp³-hybridized carbons (Fsp3) is 0.462. The van der Waals surface area contributed by atoms with E-state index in [-0.39, 0.29) is 54.1 Å². The molecule has 1 atom stereocenters. The minimum absolute atomic E-state index is 0.0277. The molecule has 8 nitrogen and oxygen atoms in total. The minimum atomic E-state index is -3.79. The van der Waals surface area contributed by atoms with E-state index in [0.29, 0.717) is 31.6 Å². The number of esters is 1. The molecule has 1 N–H and O–H groups in total. The first-order valence-corrected chi connectivity index (χ1v) is 13.5. The largest absolute Gasteiger partial charge is 0.466 e. The molecule has 0 aromatic heterocycles. The number of rotatable bonds is 11. The van der Waals surface area contributed by atoms with Gasteiger partial charge >= 0.3 is 5.97 Å². The van der Waals surface area contributed by atoms with Gasteiger partial charge in [0, 0.05) is 31.2 Å². The van der Waals surface area contributed by atoms with Crippen LogP contribution in [0.25, 0.3) is 0 Å². The third-order valence-corrected chi connectivity index (χ3v) is 8.26. The average Bonchev–Trinajstić information content (AvgIpc) is 2.87. The quantitative estimate of drug-likeness (QED) is 0.360. The standard InChI is InChI=1S/C26H34FN3O5S/c1-4-35-26(32)20-12-14-30(15-13-20)36(33,34)23-7-5-6-21(16-23)25(31)18-28-17-24(29(2)3)19-8-10-22(27)11-9-19/h5-11,16,20,24,28H,4,12-15,17-18H2,1-3H3. The Morgan fingerprint density at radius 3 is 2.42 bits per heavy atom. The highest BCUT2D eigenvalue weighted by Crippen LogP contribution is 2.25. The Morgan fingerprint density at radius 2 is 1.81 bits per heavy atom. The van der Waals surface area contributed by atoms with Gasteiger partial charge in [-0.15, -0.1) is 0 Å². The number of piperidine rings is 1. The van der Waals surface area contributed by atoms with Crippen molar-refractivity contribution < 1.29 is 27.1 Å². The molecule has 0 bridgehead atoms. The van der Waals surface area contributed by atoms with Gasteiger partial charge < -0.3 is 15.0 Å². The van der Waals surface area contributed by atoms with Crippen LogP contribution < -0.4 is 5.32 Å². The Labute approximate surface area is 212 Å². The molecule has 0 spiro atoms. The number of nitrogens with one attached hydrogen (secondary N) is 1. The number of likely N-dealkylation sites (N-methyl/N-ethyl adjacent to an activating group) is 1. The molecule has 0 aliphatic carbocycles. The Hall–Kier alpha value is -2.66. The fourth-order valence-corrected chi connectivity index (χ4v) is 5.80. The van der Waals surface area contributed by atoms with Crippen molar-refractivity contribution in [2.75, 3.05) is 46.9 Å². The van der Waals surface area contributed by atoms with Crippen LogP contribution in [0.2, 0.25) is 0 Å². The maximum atomic E-state index is 13.3. The van der Waals surface area contributed by atoms with E-state index < -0.39 is 10.0 Å². The number of carbonyl (C=O) groups is 2. The van der Waals surface area contributed by atoms with E-state index in [1.165, 1.54) is 28.6 Å². The first-order valence-electron chi connectivity index (χ1n) is 12.1. The first-order chi connectivity index (χ1) is 17.1. The molecule has 3 rings (SSSR count). The van der Waals surface area contributed by atoms with E-state index in [1.807, 2.05) is 19.0 Å². The van der Waals surface area contributed by atoms with Gasteiger partial charge in [-0.25, -0.2) is 12.8 Å². The number of halogens is 1. The summed E-state index contributed by atoms with van der Waals surface area (Å²) >= 11 is 0. The Kier molecular flexibility index (Phi) is 9.72. The van der Waals surface area contributed by atoms with Crippen molar-refractivity contribution in [2.24, 2.45) is 5.92 Å². The zero-order chi connectivity index (χ0) is 26.3. The van der Waals surface area contributed by atoms with Crippen molar-refractivity contribution in [3.8, 4) is 0 Å². The fourth-order valence-electron chi connectivity index (χ4n) is 4.28. The van der Waals surface area contributed by atoms with Gasteiger partial charge in [0.1, 0.15) is 5.82 Å². The third-order valence-electron chi connectivity index (χ3n) is 6.37. The summed E-state index contributed by atoms with van der Waals surface area (Å²) < 4.78 is 46.0. The molecule has 1 heterocycles.